The fourth-order valence-electron chi connectivity index (χ4n) is 8.53. The number of hydrogen-bond donors (Lipinski definition) is 2. The van der Waals surface area contributed by atoms with Crippen LogP contribution < -0.4 is 5.73 Å². The summed E-state index contributed by atoms with van der Waals surface area (Å²) in [7, 11) is -4.39. The van der Waals surface area contributed by atoms with Crippen LogP contribution in [0.15, 0.2) is 109 Å². The summed E-state index contributed by atoms with van der Waals surface area (Å²) in [5.74, 6) is -0.830. The first-order chi connectivity index (χ1) is 37.8. The van der Waals surface area contributed by atoms with Gasteiger partial charge in [-0.2, -0.15) is 0 Å². The lowest BCUT2D eigenvalue weighted by molar-refractivity contribution is -0.161. The van der Waals surface area contributed by atoms with Crippen LogP contribution in [-0.4, -0.2) is 49.3 Å². The van der Waals surface area contributed by atoms with Crippen LogP contribution in [0.5, 0.6) is 0 Å². The number of carbonyl (C=O) groups excluding carboxylic acids is 2. The largest absolute Gasteiger partial charge is 0.472 e. The molecular formula is C67H116NO8P. The highest BCUT2D eigenvalue weighted by atomic mass is 31.2. The van der Waals surface area contributed by atoms with E-state index >= 15 is 0 Å². The second-order valence-corrected chi connectivity index (χ2v) is 22.0. The van der Waals surface area contributed by atoms with Crippen LogP contribution in [0.25, 0.3) is 0 Å². The van der Waals surface area contributed by atoms with Gasteiger partial charge >= 0.3 is 19.8 Å². The van der Waals surface area contributed by atoms with E-state index in [1.165, 1.54) is 148 Å². The van der Waals surface area contributed by atoms with Gasteiger partial charge in [0.15, 0.2) is 6.10 Å². The minimum atomic E-state index is -4.39. The van der Waals surface area contributed by atoms with Crippen molar-refractivity contribution < 1.29 is 37.6 Å². The molecule has 3 N–H and O–H groups in total. The molecule has 0 aliphatic rings. The van der Waals surface area contributed by atoms with Crippen LogP contribution in [0.2, 0.25) is 0 Å². The molecular weight excluding hydrogens is 978 g/mol. The summed E-state index contributed by atoms with van der Waals surface area (Å²) >= 11 is 0. The van der Waals surface area contributed by atoms with Gasteiger partial charge in [-0.15, -0.1) is 0 Å². The Hall–Kier alpha value is -3.33. The smallest absolute Gasteiger partial charge is 0.462 e. The molecule has 2 unspecified atom stereocenters. The third-order valence-corrected chi connectivity index (χ3v) is 14.1. The van der Waals surface area contributed by atoms with Crippen molar-refractivity contribution in [2.45, 2.75) is 277 Å². The molecule has 10 heteroatoms. The van der Waals surface area contributed by atoms with Crippen molar-refractivity contribution in [3.8, 4) is 0 Å². The molecule has 0 aromatic carbocycles. The van der Waals surface area contributed by atoms with E-state index in [0.717, 1.165) is 89.9 Å². The van der Waals surface area contributed by atoms with Gasteiger partial charge in [0.1, 0.15) is 6.61 Å². The van der Waals surface area contributed by atoms with E-state index in [1.807, 2.05) is 0 Å². The zero-order chi connectivity index (χ0) is 55.9. The minimum Gasteiger partial charge on any atom is -0.462 e. The molecule has 0 aliphatic carbocycles. The fourth-order valence-corrected chi connectivity index (χ4v) is 9.30. The van der Waals surface area contributed by atoms with Crippen molar-refractivity contribution in [2.75, 3.05) is 26.4 Å². The molecule has 0 saturated carbocycles. The monoisotopic (exact) mass is 1090 g/mol. The summed E-state index contributed by atoms with van der Waals surface area (Å²) in [5, 5.41) is 0. The first kappa shape index (κ1) is 73.7. The number of carbonyl (C=O) groups is 2. The third kappa shape index (κ3) is 61.7. The van der Waals surface area contributed by atoms with Crippen LogP contribution in [0.4, 0.5) is 0 Å². The Balaban J connectivity index is 3.94. The predicted octanol–water partition coefficient (Wildman–Crippen LogP) is 20.2. The summed E-state index contributed by atoms with van der Waals surface area (Å²) in [6, 6.07) is 0. The summed E-state index contributed by atoms with van der Waals surface area (Å²) in [5.41, 5.74) is 5.39. The van der Waals surface area contributed by atoms with Crippen LogP contribution in [0.1, 0.15) is 271 Å². The van der Waals surface area contributed by atoms with Crippen molar-refractivity contribution in [1.29, 1.82) is 0 Å². The van der Waals surface area contributed by atoms with Crippen molar-refractivity contribution in [1.82, 2.24) is 0 Å². The number of esters is 2. The van der Waals surface area contributed by atoms with Gasteiger partial charge in [-0.3, -0.25) is 18.6 Å². The molecule has 9 nitrogen and oxygen atoms in total. The lowest BCUT2D eigenvalue weighted by Gasteiger charge is -2.19. The number of unbranched alkanes of at least 4 members (excludes halogenated alkanes) is 27. The lowest BCUT2D eigenvalue weighted by atomic mass is 10.0. The average molecular weight is 1090 g/mol. The van der Waals surface area contributed by atoms with E-state index in [1.54, 1.807) is 0 Å². The number of phosphoric ester groups is 1. The van der Waals surface area contributed by atoms with Gasteiger partial charge in [0, 0.05) is 19.4 Å². The molecule has 0 fully saturated rings. The van der Waals surface area contributed by atoms with Gasteiger partial charge in [0.05, 0.1) is 13.2 Å². The lowest BCUT2D eigenvalue weighted by Crippen LogP contribution is -2.29. The number of allylic oxidation sites excluding steroid dienone is 18. The third-order valence-electron chi connectivity index (χ3n) is 13.1. The first-order valence-electron chi connectivity index (χ1n) is 31.4. The van der Waals surface area contributed by atoms with Crippen molar-refractivity contribution in [3.05, 3.63) is 109 Å². The van der Waals surface area contributed by atoms with Gasteiger partial charge in [0.25, 0.3) is 0 Å². The fraction of sp³-hybridized carbons (Fsp3) is 0.701. The quantitative estimate of drug-likeness (QED) is 0.0264. The minimum absolute atomic E-state index is 0.0494. The van der Waals surface area contributed by atoms with E-state index in [0.29, 0.717) is 6.42 Å². The molecule has 2 atom stereocenters. The highest BCUT2D eigenvalue weighted by Gasteiger charge is 2.26. The summed E-state index contributed by atoms with van der Waals surface area (Å²) in [6.07, 6.45) is 84.4. The normalized spacial score (nSPS) is 13.8. The van der Waals surface area contributed by atoms with Gasteiger partial charge in [0.2, 0.25) is 0 Å². The standard InChI is InChI=1S/C67H116NO8P/c1-3-5-7-9-11-13-15-17-19-21-23-24-25-26-27-28-29-30-31-32-33-34-35-36-37-38-39-40-42-44-46-48-50-52-54-56-58-60-67(70)76-65(64-75-77(71,72)74-62-61-68)63-73-66(69)59-57-55-53-51-49-47-45-43-41-22-20-18-16-14-12-10-8-6-4-2/h5,7,11,13,17-20,23-24,26-27,29-30,32-33,35-36,65H,3-4,6,8-10,12,14-16,21-22,25,28,31,34,37-64,68H2,1-2H3,(H,71,72)/b7-5-,13-11-,19-17-,20-18-,24-23-,27-26-,30-29-,33-32-,36-35-. The molecule has 0 bridgehead atoms. The summed E-state index contributed by atoms with van der Waals surface area (Å²) < 4.78 is 33.1. The Morgan fingerprint density at radius 1 is 0.403 bits per heavy atom. The Morgan fingerprint density at radius 3 is 1.08 bits per heavy atom. The zero-order valence-corrected chi connectivity index (χ0v) is 50.3. The summed E-state index contributed by atoms with van der Waals surface area (Å²) in [6.45, 7) is 3.64. The number of phosphoric acid groups is 1. The first-order valence-corrected chi connectivity index (χ1v) is 32.9. The van der Waals surface area contributed by atoms with E-state index in [4.69, 9.17) is 24.3 Å². The van der Waals surface area contributed by atoms with Crippen LogP contribution >= 0.6 is 7.82 Å². The number of ether oxygens (including phenoxy) is 2. The van der Waals surface area contributed by atoms with Crippen LogP contribution in [-0.2, 0) is 32.7 Å². The van der Waals surface area contributed by atoms with E-state index < -0.39 is 26.5 Å². The molecule has 0 spiro atoms. The Kier molecular flexibility index (Phi) is 59.2. The molecule has 0 aromatic heterocycles. The van der Waals surface area contributed by atoms with E-state index in [9.17, 15) is 19.0 Å². The maximum atomic E-state index is 12.7. The number of nitrogens with two attached hydrogens (primary N) is 1. The van der Waals surface area contributed by atoms with Gasteiger partial charge in [-0.1, -0.05) is 264 Å². The Labute approximate surface area is 473 Å². The maximum Gasteiger partial charge on any atom is 0.472 e. The van der Waals surface area contributed by atoms with Crippen molar-refractivity contribution >= 4 is 19.8 Å². The second-order valence-electron chi connectivity index (χ2n) is 20.5. The molecule has 0 heterocycles. The molecule has 0 saturated heterocycles. The maximum absolute atomic E-state index is 12.7. The molecule has 442 valence electrons. The van der Waals surface area contributed by atoms with Gasteiger partial charge < -0.3 is 20.1 Å². The molecule has 0 aromatic rings. The van der Waals surface area contributed by atoms with Crippen molar-refractivity contribution in [3.63, 3.8) is 0 Å². The highest BCUT2D eigenvalue weighted by Crippen LogP contribution is 2.43. The Morgan fingerprint density at radius 2 is 0.714 bits per heavy atom. The number of hydrogen-bond acceptors (Lipinski definition) is 8. The van der Waals surface area contributed by atoms with Crippen LogP contribution in [0, 0.1) is 0 Å². The second kappa shape index (κ2) is 61.9. The summed E-state index contributed by atoms with van der Waals surface area (Å²) in [4.78, 5) is 35.2. The van der Waals surface area contributed by atoms with E-state index in [2.05, 4.69) is 123 Å². The Bertz CT molecular complexity index is 1630. The number of rotatable bonds is 58. The van der Waals surface area contributed by atoms with Gasteiger partial charge in [-0.05, 0) is 103 Å². The highest BCUT2D eigenvalue weighted by molar-refractivity contribution is 7.47. The molecule has 77 heavy (non-hydrogen) atoms. The SMILES string of the molecule is CC/C=C\C/C=C\C/C=C\C/C=C\C/C=C\C/C=C\C/C=C\C/C=C\CCCCCCCCCCCCCCC(=O)OC(COC(=O)CCCCCCCCCCC/C=C\CCCCCCCC)COP(=O)(O)OCCN. The molecule has 0 rings (SSSR count). The molecule has 0 amide bonds. The zero-order valence-electron chi connectivity index (χ0n) is 49.4. The topological polar surface area (TPSA) is 134 Å². The predicted molar refractivity (Wildman–Crippen MR) is 330 cm³/mol. The van der Waals surface area contributed by atoms with Crippen molar-refractivity contribution in [2.24, 2.45) is 5.73 Å². The van der Waals surface area contributed by atoms with Gasteiger partial charge in [-0.25, -0.2) is 4.57 Å². The molecule has 0 aliphatic heterocycles. The average Bonchev–Trinajstić information content (AvgIpc) is 3.42. The van der Waals surface area contributed by atoms with E-state index in [-0.39, 0.29) is 38.6 Å². The molecule has 0 radical (unpaired) electrons. The van der Waals surface area contributed by atoms with Crippen LogP contribution in [0.3, 0.4) is 0 Å².